The highest BCUT2D eigenvalue weighted by molar-refractivity contribution is 5.75. The van der Waals surface area contributed by atoms with E-state index in [1.807, 2.05) is 19.2 Å². The lowest BCUT2D eigenvalue weighted by molar-refractivity contribution is -0.117. The second-order valence-electron chi connectivity index (χ2n) is 5.65. The van der Waals surface area contributed by atoms with Gasteiger partial charge in [0, 0.05) is 12.5 Å². The van der Waals surface area contributed by atoms with E-state index in [-0.39, 0.29) is 5.78 Å². The minimum absolute atomic E-state index is 0.275. The van der Waals surface area contributed by atoms with Crippen LogP contribution in [0.4, 0.5) is 0 Å². The van der Waals surface area contributed by atoms with Crippen molar-refractivity contribution < 1.29 is 4.79 Å². The molecule has 0 aliphatic carbocycles. The van der Waals surface area contributed by atoms with Crippen molar-refractivity contribution in [2.45, 2.75) is 58.4 Å². The molecule has 3 nitrogen and oxygen atoms in total. The number of ketones is 1. The van der Waals surface area contributed by atoms with Crippen molar-refractivity contribution in [3.8, 4) is 0 Å². The molecule has 1 atom stereocenters. The molecule has 22 heavy (non-hydrogen) atoms. The van der Waals surface area contributed by atoms with Gasteiger partial charge in [0.15, 0.2) is 0 Å². The van der Waals surface area contributed by atoms with Crippen LogP contribution in [-0.2, 0) is 4.79 Å². The molecular formula is C19H32N2O. The van der Waals surface area contributed by atoms with Gasteiger partial charge in [-0.05, 0) is 64.4 Å². The van der Waals surface area contributed by atoms with E-state index in [4.69, 9.17) is 5.73 Å². The Morgan fingerprint density at radius 2 is 1.91 bits per heavy atom. The fourth-order valence-electron chi connectivity index (χ4n) is 2.15. The summed E-state index contributed by atoms with van der Waals surface area (Å²) in [5.41, 5.74) is 7.98. The van der Waals surface area contributed by atoms with Crippen molar-refractivity contribution in [1.82, 2.24) is 5.32 Å². The summed E-state index contributed by atoms with van der Waals surface area (Å²) in [5, 5.41) is 3.31. The summed E-state index contributed by atoms with van der Waals surface area (Å²) < 4.78 is 0. The van der Waals surface area contributed by atoms with E-state index in [0.717, 1.165) is 32.1 Å². The number of rotatable bonds is 12. The molecule has 1 unspecified atom stereocenters. The Labute approximate surface area is 136 Å². The molecule has 0 heterocycles. The van der Waals surface area contributed by atoms with Crippen LogP contribution in [0, 0.1) is 0 Å². The van der Waals surface area contributed by atoms with Crippen molar-refractivity contribution in [3.63, 3.8) is 0 Å². The average Bonchev–Trinajstić information content (AvgIpc) is 2.50. The van der Waals surface area contributed by atoms with E-state index >= 15 is 0 Å². The number of carbonyl (C=O) groups excluding carboxylic acids is 1. The van der Waals surface area contributed by atoms with Gasteiger partial charge in [-0.1, -0.05) is 36.8 Å². The third-order valence-electron chi connectivity index (χ3n) is 3.61. The van der Waals surface area contributed by atoms with Crippen molar-refractivity contribution in [2.24, 2.45) is 5.73 Å². The smallest absolute Gasteiger partial charge is 0.129 e. The van der Waals surface area contributed by atoms with Gasteiger partial charge in [0.2, 0.25) is 0 Å². The maximum absolute atomic E-state index is 10.9. The lowest BCUT2D eigenvalue weighted by atomic mass is 10.0. The van der Waals surface area contributed by atoms with Gasteiger partial charge in [-0.2, -0.15) is 0 Å². The number of carbonyl (C=O) groups is 1. The van der Waals surface area contributed by atoms with Gasteiger partial charge < -0.3 is 15.8 Å². The van der Waals surface area contributed by atoms with Gasteiger partial charge in [-0.15, -0.1) is 0 Å². The summed E-state index contributed by atoms with van der Waals surface area (Å²) in [4.78, 5) is 10.9. The topological polar surface area (TPSA) is 55.1 Å². The molecule has 0 aliphatic heterocycles. The van der Waals surface area contributed by atoms with Crippen LogP contribution in [0.5, 0.6) is 0 Å². The quantitative estimate of drug-likeness (QED) is 0.423. The summed E-state index contributed by atoms with van der Waals surface area (Å²) >= 11 is 0. The summed E-state index contributed by atoms with van der Waals surface area (Å²) in [5.74, 6) is 0.275. The molecule has 0 saturated carbocycles. The van der Waals surface area contributed by atoms with Crippen molar-refractivity contribution >= 4 is 5.78 Å². The molecular weight excluding hydrogens is 272 g/mol. The molecule has 0 aliphatic rings. The number of unbranched alkanes of at least 4 members (excludes halogenated alkanes) is 2. The van der Waals surface area contributed by atoms with E-state index in [1.165, 1.54) is 11.1 Å². The molecule has 3 heteroatoms. The highest BCUT2D eigenvalue weighted by atomic mass is 16.1. The molecule has 0 spiro atoms. The van der Waals surface area contributed by atoms with Gasteiger partial charge >= 0.3 is 0 Å². The highest BCUT2D eigenvalue weighted by Crippen LogP contribution is 2.14. The maximum Gasteiger partial charge on any atom is 0.129 e. The summed E-state index contributed by atoms with van der Waals surface area (Å²) in [6.07, 6.45) is 15.6. The molecule has 0 aromatic heterocycles. The first-order valence-corrected chi connectivity index (χ1v) is 8.08. The van der Waals surface area contributed by atoms with Crippen LogP contribution in [0.25, 0.3) is 0 Å². The second-order valence-corrected chi connectivity index (χ2v) is 5.65. The van der Waals surface area contributed by atoms with Crippen LogP contribution in [0.2, 0.25) is 0 Å². The minimum Gasteiger partial charge on any atom is -0.405 e. The van der Waals surface area contributed by atoms with E-state index in [1.54, 1.807) is 13.1 Å². The Morgan fingerprint density at radius 3 is 2.45 bits per heavy atom. The molecule has 0 rings (SSSR count). The Morgan fingerprint density at radius 1 is 1.23 bits per heavy atom. The van der Waals surface area contributed by atoms with Crippen LogP contribution in [0.1, 0.15) is 52.4 Å². The molecule has 0 aromatic rings. The summed E-state index contributed by atoms with van der Waals surface area (Å²) in [6.45, 7) is 7.48. The van der Waals surface area contributed by atoms with E-state index < -0.39 is 0 Å². The largest absolute Gasteiger partial charge is 0.405 e. The van der Waals surface area contributed by atoms with Crippen LogP contribution in [0.3, 0.4) is 0 Å². The first-order valence-electron chi connectivity index (χ1n) is 8.08. The van der Waals surface area contributed by atoms with Gasteiger partial charge in [-0.25, -0.2) is 0 Å². The zero-order valence-electron chi connectivity index (χ0n) is 14.4. The van der Waals surface area contributed by atoms with Crippen LogP contribution < -0.4 is 11.1 Å². The van der Waals surface area contributed by atoms with Crippen LogP contribution in [-0.4, -0.2) is 18.9 Å². The van der Waals surface area contributed by atoms with E-state index in [0.29, 0.717) is 12.5 Å². The fraction of sp³-hybridized carbons (Fsp3) is 0.526. The van der Waals surface area contributed by atoms with Crippen LogP contribution >= 0.6 is 0 Å². The summed E-state index contributed by atoms with van der Waals surface area (Å²) in [6, 6.07) is 0.290. The fourth-order valence-corrected chi connectivity index (χ4v) is 2.15. The summed E-state index contributed by atoms with van der Waals surface area (Å²) in [7, 11) is 1.97. The molecule has 0 saturated heterocycles. The monoisotopic (exact) mass is 304 g/mol. The number of likely N-dealkylation sites (N-methyl/N-ethyl adjacent to an activating group) is 1. The van der Waals surface area contributed by atoms with E-state index in [9.17, 15) is 4.79 Å². The van der Waals surface area contributed by atoms with Gasteiger partial charge in [0.25, 0.3) is 0 Å². The number of hydrogen-bond donors (Lipinski definition) is 2. The second kappa shape index (κ2) is 13.1. The number of hydrogen-bond acceptors (Lipinski definition) is 3. The molecule has 0 bridgehead atoms. The lowest BCUT2D eigenvalue weighted by Crippen LogP contribution is -2.22. The van der Waals surface area contributed by atoms with Crippen molar-refractivity contribution in [3.05, 3.63) is 48.2 Å². The number of nitrogens with one attached hydrogen (secondary N) is 1. The molecule has 0 aromatic carbocycles. The maximum atomic E-state index is 10.9. The zero-order chi connectivity index (χ0) is 16.8. The third kappa shape index (κ3) is 11.1. The standard InChI is InChI=1S/C19H32N2O/c1-5-16(2)11-12-19(21-4)15-18(13-14-20)10-8-6-7-9-17(3)22/h5,11,13-15,19,21H,1,6-10,12,20H2,2-4H3/b14-13-,16-11-,18-15-. The SMILES string of the molecule is C=C/C(C)=C\CC(/C=C(\C=C/N)CCCCCC(C)=O)NC. The molecule has 0 fully saturated rings. The van der Waals surface area contributed by atoms with Gasteiger partial charge in [0.05, 0.1) is 0 Å². The first-order chi connectivity index (χ1) is 10.5. The zero-order valence-corrected chi connectivity index (χ0v) is 14.4. The first kappa shape index (κ1) is 20.4. The molecule has 0 radical (unpaired) electrons. The average molecular weight is 304 g/mol. The highest BCUT2D eigenvalue weighted by Gasteiger charge is 2.03. The Hall–Kier alpha value is -1.61. The number of nitrogens with two attached hydrogens (primary N) is 1. The Kier molecular flexibility index (Phi) is 12.1. The van der Waals surface area contributed by atoms with E-state index in [2.05, 4.69) is 31.0 Å². The predicted octanol–water partition coefficient (Wildman–Crippen LogP) is 4.04. The minimum atomic E-state index is 0.275. The molecule has 3 N–H and O–H groups in total. The lowest BCUT2D eigenvalue weighted by Gasteiger charge is -2.12. The Balaban J connectivity index is 4.48. The number of Topliss-reactive ketones (excluding diaryl/α,β-unsaturated/α-hetero) is 1. The van der Waals surface area contributed by atoms with Crippen LogP contribution in [0.15, 0.2) is 48.2 Å². The van der Waals surface area contributed by atoms with Gasteiger partial charge in [0.1, 0.15) is 5.78 Å². The third-order valence-corrected chi connectivity index (χ3v) is 3.61. The Bertz CT molecular complexity index is 419. The molecule has 124 valence electrons. The number of allylic oxidation sites excluding steroid dienone is 4. The van der Waals surface area contributed by atoms with Crippen molar-refractivity contribution in [2.75, 3.05) is 7.05 Å². The van der Waals surface area contributed by atoms with Gasteiger partial charge in [-0.3, -0.25) is 0 Å². The van der Waals surface area contributed by atoms with Crippen molar-refractivity contribution in [1.29, 1.82) is 0 Å². The predicted molar refractivity (Wildman–Crippen MR) is 96.6 cm³/mol. The molecule has 0 amide bonds. The normalized spacial score (nSPS) is 14.3.